The van der Waals surface area contributed by atoms with Gasteiger partial charge >= 0.3 is 0 Å². The second-order valence-electron chi connectivity index (χ2n) is 4.52. The summed E-state index contributed by atoms with van der Waals surface area (Å²) in [6, 6.07) is 1.29. The van der Waals surface area contributed by atoms with Gasteiger partial charge in [-0.1, -0.05) is 11.6 Å². The highest BCUT2D eigenvalue weighted by Crippen LogP contribution is 2.41. The normalized spacial score (nSPS) is 17.3. The number of hydrogen-bond donors (Lipinski definition) is 1. The van der Waals surface area contributed by atoms with Crippen molar-refractivity contribution in [3.63, 3.8) is 0 Å². The molecule has 2 rings (SSSR count). The molecule has 0 bridgehead atoms. The van der Waals surface area contributed by atoms with Crippen LogP contribution in [0.4, 0.5) is 4.39 Å². The van der Waals surface area contributed by atoms with Crippen molar-refractivity contribution < 1.29 is 9.13 Å². The van der Waals surface area contributed by atoms with E-state index < -0.39 is 0 Å². The van der Waals surface area contributed by atoms with E-state index in [-0.39, 0.29) is 11.4 Å². The van der Waals surface area contributed by atoms with Crippen molar-refractivity contribution >= 4 is 11.6 Å². The fourth-order valence-corrected chi connectivity index (χ4v) is 2.15. The number of nitrogens with two attached hydrogens (primary N) is 1. The summed E-state index contributed by atoms with van der Waals surface area (Å²) in [6.07, 6.45) is 2.58. The number of ether oxygens (including phenoxy) is 1. The second-order valence-corrected chi connectivity index (χ2v) is 4.92. The molecule has 0 aliphatic heterocycles. The van der Waals surface area contributed by atoms with Gasteiger partial charge in [0.05, 0.1) is 12.1 Å². The van der Waals surface area contributed by atoms with E-state index in [1.165, 1.54) is 13.2 Å². The Hall–Kier alpha value is -0.800. The third kappa shape index (κ3) is 2.02. The Kier molecular flexibility index (Phi) is 2.84. The van der Waals surface area contributed by atoms with Crippen LogP contribution < -0.4 is 10.5 Å². The fourth-order valence-electron chi connectivity index (χ4n) is 1.87. The first-order valence-electron chi connectivity index (χ1n) is 5.27. The maximum atomic E-state index is 13.6. The van der Waals surface area contributed by atoms with Gasteiger partial charge in [-0.3, -0.25) is 0 Å². The highest BCUT2D eigenvalue weighted by Gasteiger charge is 2.39. The molecule has 0 radical (unpaired) electrons. The van der Waals surface area contributed by atoms with Crippen molar-refractivity contribution in [1.82, 2.24) is 0 Å². The standard InChI is InChI=1S/C12H15ClFNO/c1-7-8(6-12(15)3-4-12)11(16-2)9(13)5-10(7)14/h5H,3-4,6,15H2,1-2H3. The van der Waals surface area contributed by atoms with Crippen LogP contribution in [0.2, 0.25) is 5.02 Å². The zero-order valence-electron chi connectivity index (χ0n) is 9.44. The van der Waals surface area contributed by atoms with E-state index in [0.29, 0.717) is 22.8 Å². The lowest BCUT2D eigenvalue weighted by Crippen LogP contribution is -2.25. The van der Waals surface area contributed by atoms with Crippen LogP contribution in [0, 0.1) is 12.7 Å². The first kappa shape index (κ1) is 11.7. The summed E-state index contributed by atoms with van der Waals surface area (Å²) in [5.41, 5.74) is 7.24. The lowest BCUT2D eigenvalue weighted by Gasteiger charge is -2.17. The van der Waals surface area contributed by atoms with Gasteiger partial charge < -0.3 is 10.5 Å². The Balaban J connectivity index is 2.47. The highest BCUT2D eigenvalue weighted by atomic mass is 35.5. The van der Waals surface area contributed by atoms with Crippen molar-refractivity contribution in [3.8, 4) is 5.75 Å². The average Bonchev–Trinajstić information content (AvgIpc) is 2.93. The van der Waals surface area contributed by atoms with Crippen LogP contribution in [0.3, 0.4) is 0 Å². The predicted octanol–water partition coefficient (Wildman–Crippen LogP) is 2.83. The van der Waals surface area contributed by atoms with Gasteiger partial charge in [-0.2, -0.15) is 0 Å². The molecule has 0 atom stereocenters. The fraction of sp³-hybridized carbons (Fsp3) is 0.500. The molecule has 1 aliphatic carbocycles. The molecule has 2 nitrogen and oxygen atoms in total. The molecule has 0 amide bonds. The Morgan fingerprint density at radius 2 is 2.19 bits per heavy atom. The third-order valence-corrected chi connectivity index (χ3v) is 3.46. The van der Waals surface area contributed by atoms with E-state index in [1.807, 2.05) is 0 Å². The number of benzene rings is 1. The van der Waals surface area contributed by atoms with Gasteiger partial charge in [0, 0.05) is 11.1 Å². The van der Waals surface area contributed by atoms with Crippen molar-refractivity contribution in [1.29, 1.82) is 0 Å². The summed E-state index contributed by atoms with van der Waals surface area (Å²) in [6.45, 7) is 1.73. The summed E-state index contributed by atoms with van der Waals surface area (Å²) in [5, 5.41) is 0.310. The molecule has 0 spiro atoms. The molecule has 0 heterocycles. The van der Waals surface area contributed by atoms with Crippen molar-refractivity contribution in [3.05, 3.63) is 28.0 Å². The van der Waals surface area contributed by atoms with Crippen LogP contribution in [0.5, 0.6) is 5.75 Å². The summed E-state index contributed by atoms with van der Waals surface area (Å²) >= 11 is 5.95. The number of hydrogen-bond acceptors (Lipinski definition) is 2. The monoisotopic (exact) mass is 243 g/mol. The highest BCUT2D eigenvalue weighted by molar-refractivity contribution is 6.32. The van der Waals surface area contributed by atoms with Gasteiger partial charge in [-0.05, 0) is 37.8 Å². The molecule has 0 unspecified atom stereocenters. The van der Waals surface area contributed by atoms with E-state index in [0.717, 1.165) is 18.4 Å². The van der Waals surface area contributed by atoms with Gasteiger partial charge in [0.15, 0.2) is 0 Å². The maximum Gasteiger partial charge on any atom is 0.141 e. The zero-order chi connectivity index (χ0) is 11.9. The molecule has 1 fully saturated rings. The van der Waals surface area contributed by atoms with E-state index in [1.54, 1.807) is 6.92 Å². The minimum Gasteiger partial charge on any atom is -0.495 e. The molecule has 88 valence electrons. The summed E-state index contributed by atoms with van der Waals surface area (Å²) < 4.78 is 18.8. The molecule has 1 aliphatic rings. The molecule has 4 heteroatoms. The largest absolute Gasteiger partial charge is 0.495 e. The minimum atomic E-state index is -0.301. The SMILES string of the molecule is COc1c(Cl)cc(F)c(C)c1CC1(N)CC1. The van der Waals surface area contributed by atoms with Crippen molar-refractivity contribution in [2.24, 2.45) is 5.73 Å². The van der Waals surface area contributed by atoms with Crippen molar-refractivity contribution in [2.45, 2.75) is 31.7 Å². The molecular formula is C12H15ClFNO. The Morgan fingerprint density at radius 1 is 1.56 bits per heavy atom. The molecule has 16 heavy (non-hydrogen) atoms. The summed E-state index contributed by atoms with van der Waals surface area (Å²) in [5.74, 6) is 0.252. The van der Waals surface area contributed by atoms with Crippen LogP contribution in [-0.4, -0.2) is 12.6 Å². The van der Waals surface area contributed by atoms with Crippen LogP contribution in [0.15, 0.2) is 6.07 Å². The lowest BCUT2D eigenvalue weighted by atomic mass is 9.98. The third-order valence-electron chi connectivity index (χ3n) is 3.18. The summed E-state index contributed by atoms with van der Waals surface area (Å²) in [4.78, 5) is 0. The van der Waals surface area contributed by atoms with Gasteiger partial charge in [0.1, 0.15) is 11.6 Å². The molecule has 2 N–H and O–H groups in total. The number of methoxy groups -OCH3 is 1. The van der Waals surface area contributed by atoms with Crippen LogP contribution in [-0.2, 0) is 6.42 Å². The number of rotatable bonds is 3. The van der Waals surface area contributed by atoms with Crippen LogP contribution >= 0.6 is 11.6 Å². The molecular weight excluding hydrogens is 229 g/mol. The predicted molar refractivity (Wildman–Crippen MR) is 62.6 cm³/mol. The number of halogens is 2. The van der Waals surface area contributed by atoms with E-state index in [2.05, 4.69) is 0 Å². The van der Waals surface area contributed by atoms with E-state index in [4.69, 9.17) is 22.1 Å². The molecule has 1 saturated carbocycles. The smallest absolute Gasteiger partial charge is 0.141 e. The van der Waals surface area contributed by atoms with E-state index >= 15 is 0 Å². The molecule has 1 aromatic rings. The van der Waals surface area contributed by atoms with E-state index in [9.17, 15) is 4.39 Å². The Bertz CT molecular complexity index is 430. The Labute approximate surface area is 99.5 Å². The van der Waals surface area contributed by atoms with Crippen LogP contribution in [0.25, 0.3) is 0 Å². The Morgan fingerprint density at radius 3 is 2.69 bits per heavy atom. The lowest BCUT2D eigenvalue weighted by molar-refractivity contribution is 0.405. The maximum absolute atomic E-state index is 13.6. The van der Waals surface area contributed by atoms with Crippen molar-refractivity contribution in [2.75, 3.05) is 7.11 Å². The van der Waals surface area contributed by atoms with Gasteiger partial charge in [0.25, 0.3) is 0 Å². The summed E-state index contributed by atoms with van der Waals surface area (Å²) in [7, 11) is 1.54. The second kappa shape index (κ2) is 3.90. The first-order chi connectivity index (χ1) is 7.47. The van der Waals surface area contributed by atoms with Gasteiger partial charge in [0.2, 0.25) is 0 Å². The van der Waals surface area contributed by atoms with Crippen LogP contribution in [0.1, 0.15) is 24.0 Å². The first-order valence-corrected chi connectivity index (χ1v) is 5.65. The zero-order valence-corrected chi connectivity index (χ0v) is 10.2. The molecule has 1 aromatic carbocycles. The molecule has 0 saturated heterocycles. The topological polar surface area (TPSA) is 35.2 Å². The van der Waals surface area contributed by atoms with Gasteiger partial charge in [-0.25, -0.2) is 4.39 Å². The minimum absolute atomic E-state index is 0.185. The average molecular weight is 244 g/mol. The molecule has 0 aromatic heterocycles. The quantitative estimate of drug-likeness (QED) is 0.886. The van der Waals surface area contributed by atoms with Gasteiger partial charge in [-0.15, -0.1) is 0 Å².